The zero-order valence-electron chi connectivity index (χ0n) is 10.2. The van der Waals surface area contributed by atoms with Gasteiger partial charge in [-0.25, -0.2) is 0 Å². The fraction of sp³-hybridized carbons (Fsp3) is 0.917. The molecule has 0 aromatic carbocycles. The summed E-state index contributed by atoms with van der Waals surface area (Å²) < 4.78 is 0. The molecule has 1 unspecified atom stereocenters. The SMILES string of the molecule is CN1C(=O)CN(C2CCCCC2)CC1CN. The molecule has 92 valence electrons. The molecule has 0 aromatic rings. The van der Waals surface area contributed by atoms with Crippen LogP contribution in [-0.2, 0) is 4.79 Å². The minimum absolute atomic E-state index is 0.211. The first-order valence-electron chi connectivity index (χ1n) is 6.42. The molecule has 2 aliphatic rings. The van der Waals surface area contributed by atoms with E-state index in [9.17, 15) is 4.79 Å². The highest BCUT2D eigenvalue weighted by atomic mass is 16.2. The Morgan fingerprint density at radius 1 is 1.31 bits per heavy atom. The van der Waals surface area contributed by atoms with E-state index in [-0.39, 0.29) is 11.9 Å². The topological polar surface area (TPSA) is 49.6 Å². The number of carbonyl (C=O) groups is 1. The number of hydrogen-bond acceptors (Lipinski definition) is 3. The lowest BCUT2D eigenvalue weighted by Crippen LogP contribution is -2.59. The molecule has 2 N–H and O–H groups in total. The predicted octanol–water partition coefficient (Wildman–Crippen LogP) is 0.420. The fourth-order valence-corrected chi connectivity index (χ4v) is 2.90. The van der Waals surface area contributed by atoms with Gasteiger partial charge in [-0.2, -0.15) is 0 Å². The number of amides is 1. The van der Waals surface area contributed by atoms with Gasteiger partial charge in [0, 0.05) is 26.2 Å². The quantitative estimate of drug-likeness (QED) is 0.741. The van der Waals surface area contributed by atoms with Crippen LogP contribution in [0.15, 0.2) is 0 Å². The Bertz CT molecular complexity index is 251. The van der Waals surface area contributed by atoms with Gasteiger partial charge in [0.1, 0.15) is 0 Å². The smallest absolute Gasteiger partial charge is 0.236 e. The minimum atomic E-state index is 0.211. The maximum Gasteiger partial charge on any atom is 0.236 e. The number of nitrogens with two attached hydrogens (primary N) is 1. The molecule has 0 spiro atoms. The number of nitrogens with zero attached hydrogens (tertiary/aromatic N) is 2. The summed E-state index contributed by atoms with van der Waals surface area (Å²) in [5.74, 6) is 0.229. The Morgan fingerprint density at radius 2 is 2.00 bits per heavy atom. The summed E-state index contributed by atoms with van der Waals surface area (Å²) in [7, 11) is 1.87. The van der Waals surface area contributed by atoms with Gasteiger partial charge >= 0.3 is 0 Å². The Balaban J connectivity index is 1.97. The summed E-state index contributed by atoms with van der Waals surface area (Å²) in [6, 6.07) is 0.837. The van der Waals surface area contributed by atoms with E-state index < -0.39 is 0 Å². The normalized spacial score (nSPS) is 29.8. The van der Waals surface area contributed by atoms with Gasteiger partial charge < -0.3 is 10.6 Å². The molecule has 2 rings (SSSR count). The van der Waals surface area contributed by atoms with Crippen molar-refractivity contribution in [1.29, 1.82) is 0 Å². The van der Waals surface area contributed by atoms with Gasteiger partial charge in [0.05, 0.1) is 12.6 Å². The van der Waals surface area contributed by atoms with Crippen LogP contribution in [0.5, 0.6) is 0 Å². The first kappa shape index (κ1) is 11.9. The molecule has 16 heavy (non-hydrogen) atoms. The molecule has 0 bridgehead atoms. The molecule has 1 atom stereocenters. The van der Waals surface area contributed by atoms with Crippen molar-refractivity contribution in [2.45, 2.75) is 44.2 Å². The van der Waals surface area contributed by atoms with Crippen molar-refractivity contribution in [2.24, 2.45) is 5.73 Å². The predicted molar refractivity (Wildman–Crippen MR) is 64.1 cm³/mol. The van der Waals surface area contributed by atoms with Crippen LogP contribution in [0.4, 0.5) is 0 Å². The highest BCUT2D eigenvalue weighted by Gasteiger charge is 2.33. The number of likely N-dealkylation sites (N-methyl/N-ethyl adjacent to an activating group) is 1. The molecule has 0 radical (unpaired) electrons. The summed E-state index contributed by atoms with van der Waals surface area (Å²) in [5, 5.41) is 0. The van der Waals surface area contributed by atoms with E-state index in [0.29, 0.717) is 19.1 Å². The molecule has 1 saturated carbocycles. The van der Waals surface area contributed by atoms with Crippen LogP contribution in [0, 0.1) is 0 Å². The van der Waals surface area contributed by atoms with Crippen LogP contribution in [0.2, 0.25) is 0 Å². The van der Waals surface area contributed by atoms with Crippen LogP contribution in [0.3, 0.4) is 0 Å². The van der Waals surface area contributed by atoms with Gasteiger partial charge in [-0.05, 0) is 12.8 Å². The monoisotopic (exact) mass is 225 g/mol. The Kier molecular flexibility index (Phi) is 3.82. The standard InChI is InChI=1S/C12H23N3O/c1-14-11(7-13)8-15(9-12(14)16)10-5-3-2-4-6-10/h10-11H,2-9,13H2,1H3. The zero-order chi connectivity index (χ0) is 11.5. The van der Waals surface area contributed by atoms with Crippen LogP contribution in [0.25, 0.3) is 0 Å². The Labute approximate surface area is 97.8 Å². The summed E-state index contributed by atoms with van der Waals surface area (Å²) in [5.41, 5.74) is 5.73. The summed E-state index contributed by atoms with van der Waals surface area (Å²) in [4.78, 5) is 16.0. The van der Waals surface area contributed by atoms with Gasteiger partial charge in [-0.3, -0.25) is 9.69 Å². The first-order chi connectivity index (χ1) is 7.72. The molecular formula is C12H23N3O. The number of hydrogen-bond donors (Lipinski definition) is 1. The third kappa shape index (κ3) is 2.38. The molecular weight excluding hydrogens is 202 g/mol. The molecule has 0 aromatic heterocycles. The van der Waals surface area contributed by atoms with E-state index in [0.717, 1.165) is 6.54 Å². The van der Waals surface area contributed by atoms with Crippen LogP contribution >= 0.6 is 0 Å². The summed E-state index contributed by atoms with van der Waals surface area (Å²) in [6.45, 7) is 2.13. The average molecular weight is 225 g/mol. The second kappa shape index (κ2) is 5.15. The van der Waals surface area contributed by atoms with Crippen LogP contribution in [-0.4, -0.2) is 54.5 Å². The maximum atomic E-state index is 11.8. The second-order valence-electron chi connectivity index (χ2n) is 5.12. The van der Waals surface area contributed by atoms with E-state index in [2.05, 4.69) is 4.90 Å². The van der Waals surface area contributed by atoms with Gasteiger partial charge in [-0.1, -0.05) is 19.3 Å². The van der Waals surface area contributed by atoms with Crippen molar-refractivity contribution >= 4 is 5.91 Å². The molecule has 1 aliphatic carbocycles. The molecule has 4 nitrogen and oxygen atoms in total. The number of piperazine rings is 1. The zero-order valence-corrected chi connectivity index (χ0v) is 10.2. The highest BCUT2D eigenvalue weighted by molar-refractivity contribution is 5.79. The lowest BCUT2D eigenvalue weighted by atomic mass is 9.93. The molecule has 4 heteroatoms. The first-order valence-corrected chi connectivity index (χ1v) is 6.42. The lowest BCUT2D eigenvalue weighted by molar-refractivity contribution is -0.139. The third-order valence-corrected chi connectivity index (χ3v) is 4.09. The number of rotatable bonds is 2. The Hall–Kier alpha value is -0.610. The van der Waals surface area contributed by atoms with E-state index in [1.165, 1.54) is 32.1 Å². The van der Waals surface area contributed by atoms with Crippen LogP contribution in [0.1, 0.15) is 32.1 Å². The second-order valence-corrected chi connectivity index (χ2v) is 5.12. The molecule has 2 fully saturated rings. The lowest BCUT2D eigenvalue weighted by Gasteiger charge is -2.43. The highest BCUT2D eigenvalue weighted by Crippen LogP contribution is 2.24. The van der Waals surface area contributed by atoms with Crippen molar-refractivity contribution in [3.8, 4) is 0 Å². The van der Waals surface area contributed by atoms with Crippen molar-refractivity contribution in [3.05, 3.63) is 0 Å². The minimum Gasteiger partial charge on any atom is -0.339 e. The van der Waals surface area contributed by atoms with Gasteiger partial charge in [0.2, 0.25) is 5.91 Å². The van der Waals surface area contributed by atoms with E-state index >= 15 is 0 Å². The van der Waals surface area contributed by atoms with Crippen molar-refractivity contribution < 1.29 is 4.79 Å². The van der Waals surface area contributed by atoms with Gasteiger partial charge in [-0.15, -0.1) is 0 Å². The molecule has 1 amide bonds. The Morgan fingerprint density at radius 3 is 2.62 bits per heavy atom. The summed E-state index contributed by atoms with van der Waals surface area (Å²) >= 11 is 0. The maximum absolute atomic E-state index is 11.8. The van der Waals surface area contributed by atoms with Crippen molar-refractivity contribution in [1.82, 2.24) is 9.80 Å². The third-order valence-electron chi connectivity index (χ3n) is 4.09. The molecule has 1 aliphatic heterocycles. The fourth-order valence-electron chi connectivity index (χ4n) is 2.90. The molecule has 1 saturated heterocycles. The van der Waals surface area contributed by atoms with E-state index in [4.69, 9.17) is 5.73 Å². The largest absolute Gasteiger partial charge is 0.339 e. The number of carbonyl (C=O) groups excluding carboxylic acids is 1. The van der Waals surface area contributed by atoms with Crippen LogP contribution < -0.4 is 5.73 Å². The van der Waals surface area contributed by atoms with Gasteiger partial charge in [0.25, 0.3) is 0 Å². The van der Waals surface area contributed by atoms with Gasteiger partial charge in [0.15, 0.2) is 0 Å². The average Bonchev–Trinajstić information content (AvgIpc) is 2.33. The summed E-state index contributed by atoms with van der Waals surface area (Å²) in [6.07, 6.45) is 6.51. The van der Waals surface area contributed by atoms with E-state index in [1.807, 2.05) is 11.9 Å². The molecule has 1 heterocycles. The van der Waals surface area contributed by atoms with E-state index in [1.54, 1.807) is 0 Å². The van der Waals surface area contributed by atoms with Crippen molar-refractivity contribution in [2.75, 3.05) is 26.7 Å². The van der Waals surface area contributed by atoms with Crippen molar-refractivity contribution in [3.63, 3.8) is 0 Å².